The van der Waals surface area contributed by atoms with E-state index in [4.69, 9.17) is 5.73 Å². The third kappa shape index (κ3) is 5.44. The summed E-state index contributed by atoms with van der Waals surface area (Å²) in [7, 11) is 0. The molecular weight excluding hydrogens is 188 g/mol. The van der Waals surface area contributed by atoms with Gasteiger partial charge in [-0.05, 0) is 6.92 Å². The Labute approximate surface area is 85.7 Å². The molecule has 1 atom stereocenters. The highest BCUT2D eigenvalue weighted by Gasteiger charge is 2.13. The second kappa shape index (κ2) is 7.83. The van der Waals surface area contributed by atoms with Crippen molar-refractivity contribution in [2.75, 3.05) is 13.1 Å². The van der Waals surface area contributed by atoms with Gasteiger partial charge in [-0.25, -0.2) is 0 Å². The van der Waals surface area contributed by atoms with E-state index >= 15 is 0 Å². The number of nitrogens with two attached hydrogens (primary N) is 1. The summed E-state index contributed by atoms with van der Waals surface area (Å²) in [5.74, 6) is -0.0743. The third-order valence-corrected chi connectivity index (χ3v) is 1.40. The number of carbonyl (C=O) groups is 1. The van der Waals surface area contributed by atoms with E-state index in [0.717, 1.165) is 0 Å². The van der Waals surface area contributed by atoms with Crippen LogP contribution in [0.2, 0.25) is 0 Å². The lowest BCUT2D eigenvalue weighted by atomic mass is 10.3. The average molecular weight is 205 g/mol. The van der Waals surface area contributed by atoms with Gasteiger partial charge in [0.15, 0.2) is 0 Å². The zero-order valence-corrected chi connectivity index (χ0v) is 8.72. The molecule has 0 aromatic rings. The lowest BCUT2D eigenvalue weighted by Crippen LogP contribution is -2.42. The first-order valence-electron chi connectivity index (χ1n) is 3.89. The van der Waals surface area contributed by atoms with Crippen molar-refractivity contribution in [3.05, 3.63) is 25.3 Å². The molecule has 0 aromatic carbocycles. The smallest absolute Gasteiger partial charge is 0.239 e. The van der Waals surface area contributed by atoms with E-state index in [2.05, 4.69) is 13.2 Å². The Hall–Kier alpha value is -0.800. The van der Waals surface area contributed by atoms with Crippen LogP contribution in [0, 0.1) is 0 Å². The summed E-state index contributed by atoms with van der Waals surface area (Å²) in [6.07, 6.45) is 3.34. The van der Waals surface area contributed by atoms with Crippen LogP contribution < -0.4 is 5.73 Å². The van der Waals surface area contributed by atoms with Gasteiger partial charge in [0, 0.05) is 13.1 Å². The summed E-state index contributed by atoms with van der Waals surface area (Å²) in [5.41, 5.74) is 5.44. The lowest BCUT2D eigenvalue weighted by Gasteiger charge is -2.20. The van der Waals surface area contributed by atoms with Crippen LogP contribution in [-0.4, -0.2) is 29.9 Å². The van der Waals surface area contributed by atoms with Gasteiger partial charge in [-0.3, -0.25) is 4.79 Å². The maximum absolute atomic E-state index is 11.3. The van der Waals surface area contributed by atoms with Gasteiger partial charge in [-0.1, -0.05) is 12.2 Å². The van der Waals surface area contributed by atoms with Crippen molar-refractivity contribution in [2.45, 2.75) is 13.0 Å². The fourth-order valence-corrected chi connectivity index (χ4v) is 0.854. The minimum Gasteiger partial charge on any atom is -0.334 e. The molecule has 0 heterocycles. The molecule has 0 fully saturated rings. The van der Waals surface area contributed by atoms with Gasteiger partial charge in [0.25, 0.3) is 0 Å². The number of amides is 1. The van der Waals surface area contributed by atoms with Gasteiger partial charge in [-0.15, -0.1) is 25.6 Å². The van der Waals surface area contributed by atoms with Crippen LogP contribution in [0.3, 0.4) is 0 Å². The van der Waals surface area contributed by atoms with Crippen molar-refractivity contribution < 1.29 is 4.79 Å². The maximum Gasteiger partial charge on any atom is 0.239 e. The Morgan fingerprint density at radius 1 is 1.46 bits per heavy atom. The van der Waals surface area contributed by atoms with Crippen molar-refractivity contribution in [1.29, 1.82) is 0 Å². The predicted molar refractivity (Wildman–Crippen MR) is 57.9 cm³/mol. The Kier molecular flexibility index (Phi) is 8.86. The van der Waals surface area contributed by atoms with E-state index in [1.807, 2.05) is 0 Å². The Bertz CT molecular complexity index is 170. The molecule has 0 spiro atoms. The number of nitrogens with zero attached hydrogens (tertiary/aromatic N) is 1. The molecule has 4 heteroatoms. The SMILES string of the molecule is C=CCN(CC=C)C(=O)C(C)N.Cl. The Morgan fingerprint density at radius 2 is 1.85 bits per heavy atom. The van der Waals surface area contributed by atoms with Crippen LogP contribution >= 0.6 is 12.4 Å². The first kappa shape index (κ1) is 14.7. The molecule has 0 aromatic heterocycles. The molecule has 0 aliphatic carbocycles. The first-order valence-corrected chi connectivity index (χ1v) is 3.89. The monoisotopic (exact) mass is 204 g/mol. The number of hydrogen-bond acceptors (Lipinski definition) is 2. The molecular formula is C9H17ClN2O. The van der Waals surface area contributed by atoms with Crippen molar-refractivity contribution in [1.82, 2.24) is 4.90 Å². The van der Waals surface area contributed by atoms with E-state index in [-0.39, 0.29) is 18.3 Å². The van der Waals surface area contributed by atoms with E-state index < -0.39 is 6.04 Å². The van der Waals surface area contributed by atoms with Gasteiger partial charge >= 0.3 is 0 Å². The Balaban J connectivity index is 0. The summed E-state index contributed by atoms with van der Waals surface area (Å²) < 4.78 is 0. The highest BCUT2D eigenvalue weighted by atomic mass is 35.5. The van der Waals surface area contributed by atoms with E-state index in [1.165, 1.54) is 0 Å². The third-order valence-electron chi connectivity index (χ3n) is 1.40. The van der Waals surface area contributed by atoms with Gasteiger partial charge in [0.05, 0.1) is 6.04 Å². The van der Waals surface area contributed by atoms with Crippen molar-refractivity contribution in [3.63, 3.8) is 0 Å². The standard InChI is InChI=1S/C9H16N2O.ClH/c1-4-6-11(7-5-2)9(12)8(3)10;/h4-5,8H,1-2,6-7,10H2,3H3;1H. The molecule has 13 heavy (non-hydrogen) atoms. The molecule has 0 radical (unpaired) electrons. The van der Waals surface area contributed by atoms with Gasteiger partial charge in [-0.2, -0.15) is 0 Å². The number of hydrogen-bond donors (Lipinski definition) is 1. The number of halogens is 1. The van der Waals surface area contributed by atoms with Crippen LogP contribution in [0.25, 0.3) is 0 Å². The number of rotatable bonds is 5. The first-order chi connectivity index (χ1) is 5.63. The fourth-order valence-electron chi connectivity index (χ4n) is 0.854. The summed E-state index contributed by atoms with van der Waals surface area (Å²) in [4.78, 5) is 12.9. The predicted octanol–water partition coefficient (Wildman–Crippen LogP) is 0.956. The van der Waals surface area contributed by atoms with E-state index in [9.17, 15) is 4.79 Å². The normalized spacial score (nSPS) is 10.9. The zero-order valence-electron chi connectivity index (χ0n) is 7.90. The van der Waals surface area contributed by atoms with Crippen LogP contribution in [0.15, 0.2) is 25.3 Å². The molecule has 0 saturated carbocycles. The second-order valence-corrected chi connectivity index (χ2v) is 2.61. The molecule has 0 aliphatic heterocycles. The van der Waals surface area contributed by atoms with Crippen molar-refractivity contribution >= 4 is 18.3 Å². The molecule has 1 amide bonds. The molecule has 1 unspecified atom stereocenters. The van der Waals surface area contributed by atoms with Crippen LogP contribution in [0.1, 0.15) is 6.92 Å². The molecule has 2 N–H and O–H groups in total. The van der Waals surface area contributed by atoms with Crippen LogP contribution in [0.4, 0.5) is 0 Å². The minimum absolute atomic E-state index is 0. The van der Waals surface area contributed by atoms with Gasteiger partial charge in [0.1, 0.15) is 0 Å². The van der Waals surface area contributed by atoms with Crippen molar-refractivity contribution in [3.8, 4) is 0 Å². The highest BCUT2D eigenvalue weighted by molar-refractivity contribution is 5.85. The number of carbonyl (C=O) groups excluding carboxylic acids is 1. The zero-order chi connectivity index (χ0) is 9.56. The summed E-state index contributed by atoms with van der Waals surface area (Å²) in [5, 5.41) is 0. The summed E-state index contributed by atoms with van der Waals surface area (Å²) in [6, 6.07) is -0.454. The topological polar surface area (TPSA) is 46.3 Å². The Morgan fingerprint density at radius 3 is 2.08 bits per heavy atom. The molecule has 3 nitrogen and oxygen atoms in total. The highest BCUT2D eigenvalue weighted by Crippen LogP contribution is 1.93. The fraction of sp³-hybridized carbons (Fsp3) is 0.444. The van der Waals surface area contributed by atoms with Crippen LogP contribution in [0.5, 0.6) is 0 Å². The lowest BCUT2D eigenvalue weighted by molar-refractivity contribution is -0.131. The maximum atomic E-state index is 11.3. The molecule has 0 rings (SSSR count). The van der Waals surface area contributed by atoms with Crippen molar-refractivity contribution in [2.24, 2.45) is 5.73 Å². The minimum atomic E-state index is -0.454. The molecule has 0 saturated heterocycles. The van der Waals surface area contributed by atoms with Gasteiger partial charge in [0.2, 0.25) is 5.91 Å². The van der Waals surface area contributed by atoms with E-state index in [1.54, 1.807) is 24.0 Å². The van der Waals surface area contributed by atoms with Crippen LogP contribution in [-0.2, 0) is 4.79 Å². The summed E-state index contributed by atoms with van der Waals surface area (Å²) >= 11 is 0. The second-order valence-electron chi connectivity index (χ2n) is 2.61. The summed E-state index contributed by atoms with van der Waals surface area (Å²) in [6.45, 7) is 9.82. The average Bonchev–Trinajstić information content (AvgIpc) is 2.03. The largest absolute Gasteiger partial charge is 0.334 e. The molecule has 0 bridgehead atoms. The van der Waals surface area contributed by atoms with Gasteiger partial charge < -0.3 is 10.6 Å². The van der Waals surface area contributed by atoms with E-state index in [0.29, 0.717) is 13.1 Å². The quantitative estimate of drug-likeness (QED) is 0.678. The molecule has 0 aliphatic rings. The molecule has 76 valence electrons.